The number of rotatable bonds is 4. The Labute approximate surface area is 108 Å². The van der Waals surface area contributed by atoms with Gasteiger partial charge in [0.2, 0.25) is 0 Å². The number of benzene rings is 1. The summed E-state index contributed by atoms with van der Waals surface area (Å²) in [6.07, 6.45) is 0. The van der Waals surface area contributed by atoms with Gasteiger partial charge in [-0.05, 0) is 18.6 Å². The van der Waals surface area contributed by atoms with Crippen LogP contribution in [0.15, 0.2) is 12.1 Å². The fraction of sp³-hybridized carbons (Fsp3) is 0.273. The Morgan fingerprint density at radius 3 is 2.72 bits per heavy atom. The Morgan fingerprint density at radius 1 is 1.61 bits per heavy atom. The van der Waals surface area contributed by atoms with E-state index in [-0.39, 0.29) is 34.9 Å². The first-order chi connectivity index (χ1) is 8.54. The number of alkyl halides is 1. The molecule has 18 heavy (non-hydrogen) atoms. The Bertz CT molecular complexity index is 537. The molecule has 0 aliphatic rings. The minimum absolute atomic E-state index is 0.0778. The van der Waals surface area contributed by atoms with E-state index in [1.165, 1.54) is 0 Å². The zero-order valence-electron chi connectivity index (χ0n) is 9.47. The van der Waals surface area contributed by atoms with Crippen LogP contribution < -0.4 is 0 Å². The number of hydrogen-bond donors (Lipinski definition) is 0. The van der Waals surface area contributed by atoms with E-state index in [1.807, 2.05) is 0 Å². The van der Waals surface area contributed by atoms with Crippen molar-refractivity contribution in [2.24, 2.45) is 0 Å². The molecule has 0 spiro atoms. The molecule has 0 fully saturated rings. The third-order valence-corrected chi connectivity index (χ3v) is 2.47. The molecule has 0 aliphatic heterocycles. The minimum Gasteiger partial charge on any atom is -0.462 e. The second kappa shape index (κ2) is 5.98. The molecule has 1 aromatic carbocycles. The normalized spacial score (nSPS) is 9.61. The number of ether oxygens (including phenoxy) is 1. The van der Waals surface area contributed by atoms with Crippen molar-refractivity contribution in [2.75, 3.05) is 6.61 Å². The average Bonchev–Trinajstić information content (AvgIpc) is 2.37. The summed E-state index contributed by atoms with van der Waals surface area (Å²) < 4.78 is 4.79. The summed E-state index contributed by atoms with van der Waals surface area (Å²) in [7, 11) is 0. The first-order valence-electron chi connectivity index (χ1n) is 4.99. The maximum atomic E-state index is 11.6. The lowest BCUT2D eigenvalue weighted by atomic mass is 10.0. The van der Waals surface area contributed by atoms with Gasteiger partial charge in [-0.25, -0.2) is 4.79 Å². The molecule has 0 heterocycles. The van der Waals surface area contributed by atoms with Gasteiger partial charge in [0.15, 0.2) is 0 Å². The van der Waals surface area contributed by atoms with E-state index >= 15 is 0 Å². The van der Waals surface area contributed by atoms with Gasteiger partial charge in [0.05, 0.1) is 17.1 Å². The third kappa shape index (κ3) is 2.76. The Kier molecular flexibility index (Phi) is 4.63. The van der Waals surface area contributed by atoms with Crippen molar-refractivity contribution in [3.05, 3.63) is 38.9 Å². The predicted molar refractivity (Wildman–Crippen MR) is 63.3 cm³/mol. The van der Waals surface area contributed by atoms with Crippen molar-refractivity contribution in [1.82, 2.24) is 0 Å². The second-order valence-electron chi connectivity index (χ2n) is 3.25. The summed E-state index contributed by atoms with van der Waals surface area (Å²) in [6.45, 7) is 1.80. The van der Waals surface area contributed by atoms with Crippen LogP contribution in [-0.4, -0.2) is 17.5 Å². The van der Waals surface area contributed by atoms with E-state index in [1.54, 1.807) is 13.0 Å². The van der Waals surface area contributed by atoms with Gasteiger partial charge in [0.1, 0.15) is 11.6 Å². The molecular formula is C11H9ClN2O4. The predicted octanol–water partition coefficient (Wildman–Crippen LogP) is 2.38. The molecule has 0 radical (unpaired) electrons. The molecule has 1 aromatic rings. The highest BCUT2D eigenvalue weighted by Crippen LogP contribution is 2.25. The van der Waals surface area contributed by atoms with Gasteiger partial charge in [-0.1, -0.05) is 0 Å². The van der Waals surface area contributed by atoms with Gasteiger partial charge in [-0.15, -0.1) is 11.6 Å². The van der Waals surface area contributed by atoms with Crippen LogP contribution in [0.5, 0.6) is 0 Å². The van der Waals surface area contributed by atoms with Crippen molar-refractivity contribution in [2.45, 2.75) is 12.8 Å². The Balaban J connectivity index is 3.41. The molecule has 0 unspecified atom stereocenters. The first-order valence-corrected chi connectivity index (χ1v) is 5.53. The number of nitriles is 1. The summed E-state index contributed by atoms with van der Waals surface area (Å²) in [4.78, 5) is 21.7. The molecular weight excluding hydrogens is 260 g/mol. The molecule has 6 nitrogen and oxygen atoms in total. The van der Waals surface area contributed by atoms with Gasteiger partial charge < -0.3 is 4.74 Å². The molecule has 94 valence electrons. The summed E-state index contributed by atoms with van der Waals surface area (Å²) in [5.74, 6) is -0.736. The van der Waals surface area contributed by atoms with Crippen LogP contribution in [0.3, 0.4) is 0 Å². The molecule has 0 atom stereocenters. The van der Waals surface area contributed by atoms with Gasteiger partial charge in [-0.2, -0.15) is 5.26 Å². The van der Waals surface area contributed by atoms with Crippen LogP contribution in [0.1, 0.15) is 28.4 Å². The van der Waals surface area contributed by atoms with E-state index in [9.17, 15) is 14.9 Å². The molecule has 0 aliphatic carbocycles. The Morgan fingerprint density at radius 2 is 2.28 bits per heavy atom. The van der Waals surface area contributed by atoms with Gasteiger partial charge >= 0.3 is 5.97 Å². The van der Waals surface area contributed by atoms with Crippen LogP contribution >= 0.6 is 11.6 Å². The second-order valence-corrected chi connectivity index (χ2v) is 3.52. The van der Waals surface area contributed by atoms with E-state index in [0.717, 1.165) is 12.1 Å². The molecule has 0 N–H and O–H groups in total. The molecule has 0 bridgehead atoms. The summed E-state index contributed by atoms with van der Waals surface area (Å²) in [5.41, 5.74) is -0.229. The monoisotopic (exact) mass is 268 g/mol. The number of hydrogen-bond acceptors (Lipinski definition) is 5. The van der Waals surface area contributed by atoms with Gasteiger partial charge in [0, 0.05) is 11.9 Å². The average molecular weight is 269 g/mol. The van der Waals surface area contributed by atoms with Crippen molar-refractivity contribution in [3.8, 4) is 6.07 Å². The summed E-state index contributed by atoms with van der Waals surface area (Å²) in [6, 6.07) is 3.93. The molecule has 7 heteroatoms. The van der Waals surface area contributed by atoms with E-state index < -0.39 is 10.9 Å². The van der Waals surface area contributed by atoms with Crippen molar-refractivity contribution in [1.29, 1.82) is 5.26 Å². The quantitative estimate of drug-likeness (QED) is 0.362. The highest BCUT2D eigenvalue weighted by Gasteiger charge is 2.21. The summed E-state index contributed by atoms with van der Waals surface area (Å²) in [5, 5.41) is 19.6. The lowest BCUT2D eigenvalue weighted by Crippen LogP contribution is -2.09. The maximum Gasteiger partial charge on any atom is 0.338 e. The highest BCUT2D eigenvalue weighted by atomic mass is 35.5. The summed E-state index contributed by atoms with van der Waals surface area (Å²) >= 11 is 5.64. The highest BCUT2D eigenvalue weighted by molar-refractivity contribution is 6.17. The van der Waals surface area contributed by atoms with Crippen molar-refractivity contribution in [3.63, 3.8) is 0 Å². The van der Waals surface area contributed by atoms with Crippen LogP contribution in [0, 0.1) is 21.4 Å². The molecule has 0 saturated carbocycles. The van der Waals surface area contributed by atoms with Gasteiger partial charge in [0.25, 0.3) is 5.69 Å². The Hall–Kier alpha value is -2.13. The van der Waals surface area contributed by atoms with E-state index in [0.29, 0.717) is 0 Å². The van der Waals surface area contributed by atoms with Crippen LogP contribution in [0.4, 0.5) is 5.69 Å². The third-order valence-electron chi connectivity index (χ3n) is 2.18. The van der Waals surface area contributed by atoms with Crippen LogP contribution in [0.2, 0.25) is 0 Å². The number of carbonyl (C=O) groups is 1. The SMILES string of the molecule is CCOC(=O)c1cc(C#N)c([N+](=O)[O-])cc1CCl. The zero-order chi connectivity index (χ0) is 13.7. The number of halogens is 1. The fourth-order valence-corrected chi connectivity index (χ4v) is 1.60. The number of carbonyl (C=O) groups excluding carboxylic acids is 1. The lowest BCUT2D eigenvalue weighted by molar-refractivity contribution is -0.385. The van der Waals surface area contributed by atoms with Crippen LogP contribution in [-0.2, 0) is 10.6 Å². The number of nitrogens with zero attached hydrogens (tertiary/aromatic N) is 2. The number of esters is 1. The lowest BCUT2D eigenvalue weighted by Gasteiger charge is -2.07. The number of nitro groups is 1. The first kappa shape index (κ1) is 13.9. The smallest absolute Gasteiger partial charge is 0.338 e. The van der Waals surface area contributed by atoms with Crippen molar-refractivity contribution < 1.29 is 14.5 Å². The maximum absolute atomic E-state index is 11.6. The van der Waals surface area contributed by atoms with Gasteiger partial charge in [-0.3, -0.25) is 10.1 Å². The van der Waals surface area contributed by atoms with E-state index in [2.05, 4.69) is 0 Å². The number of nitro benzene ring substituents is 1. The molecule has 0 amide bonds. The largest absolute Gasteiger partial charge is 0.462 e. The standard InChI is InChI=1S/C11H9ClN2O4/c1-2-18-11(15)9-3-8(6-13)10(14(16)17)4-7(9)5-12/h3-4H,2,5H2,1H3. The topological polar surface area (TPSA) is 93.2 Å². The molecule has 1 rings (SSSR count). The molecule has 0 saturated heterocycles. The fourth-order valence-electron chi connectivity index (χ4n) is 1.38. The molecule has 0 aromatic heterocycles. The zero-order valence-corrected chi connectivity index (χ0v) is 10.2. The van der Waals surface area contributed by atoms with E-state index in [4.69, 9.17) is 21.6 Å². The van der Waals surface area contributed by atoms with Crippen molar-refractivity contribution >= 4 is 23.3 Å². The van der Waals surface area contributed by atoms with Crippen LogP contribution in [0.25, 0.3) is 0 Å². The minimum atomic E-state index is -0.691.